The number of H-pyrrole nitrogens is 2. The van der Waals surface area contributed by atoms with Gasteiger partial charge in [-0.15, -0.1) is 0 Å². The predicted molar refractivity (Wildman–Crippen MR) is 178 cm³/mol. The van der Waals surface area contributed by atoms with Crippen LogP contribution in [0.15, 0.2) is 97.7 Å². The van der Waals surface area contributed by atoms with Gasteiger partial charge in [-0.1, -0.05) is 30.3 Å². The van der Waals surface area contributed by atoms with Gasteiger partial charge in [0.05, 0.1) is 42.0 Å². The van der Waals surface area contributed by atoms with E-state index in [4.69, 9.17) is 0 Å². The third kappa shape index (κ3) is 6.61. The van der Waals surface area contributed by atoms with Gasteiger partial charge in [0.15, 0.2) is 5.65 Å². The lowest BCUT2D eigenvalue weighted by Gasteiger charge is -2.08. The van der Waals surface area contributed by atoms with Crippen LogP contribution in [0.25, 0.3) is 55.6 Å². The number of sulfonamides is 1. The van der Waals surface area contributed by atoms with Gasteiger partial charge in [-0.25, -0.2) is 22.5 Å². The molecule has 234 valence electrons. The molecule has 0 bridgehead atoms. The molecular weight excluding hydrogens is 619 g/mol. The summed E-state index contributed by atoms with van der Waals surface area (Å²) < 4.78 is 40.2. The molecule has 0 spiro atoms. The van der Waals surface area contributed by atoms with Gasteiger partial charge in [0.1, 0.15) is 11.5 Å². The molecule has 47 heavy (non-hydrogen) atoms. The van der Waals surface area contributed by atoms with Gasteiger partial charge in [-0.2, -0.15) is 5.10 Å². The molecule has 2 aromatic carbocycles. The molecule has 7 aromatic rings. The second kappa shape index (κ2) is 12.2. The Kier molecular flexibility index (Phi) is 7.75. The summed E-state index contributed by atoms with van der Waals surface area (Å²) in [7, 11) is -3.45. The molecule has 1 amide bonds. The van der Waals surface area contributed by atoms with Crippen molar-refractivity contribution >= 4 is 43.6 Å². The van der Waals surface area contributed by atoms with Crippen LogP contribution in [0.2, 0.25) is 0 Å². The predicted octanol–water partition coefficient (Wildman–Crippen LogP) is 5.60. The molecule has 0 aliphatic carbocycles. The molecule has 5 heterocycles. The Morgan fingerprint density at radius 1 is 0.851 bits per heavy atom. The summed E-state index contributed by atoms with van der Waals surface area (Å²) in [6.07, 6.45) is 9.64. The molecule has 0 aliphatic rings. The van der Waals surface area contributed by atoms with Crippen molar-refractivity contribution in [1.82, 2.24) is 34.9 Å². The second-order valence-electron chi connectivity index (χ2n) is 11.1. The maximum Gasteiger partial charge on any atom is 0.228 e. The summed E-state index contributed by atoms with van der Waals surface area (Å²) in [5.74, 6) is -0.639. The highest BCUT2D eigenvalue weighted by Crippen LogP contribution is 2.35. The van der Waals surface area contributed by atoms with Crippen molar-refractivity contribution in [1.29, 1.82) is 0 Å². The van der Waals surface area contributed by atoms with Gasteiger partial charge in [0.25, 0.3) is 0 Å². The molecule has 0 saturated heterocycles. The number of nitrogens with zero attached hydrogens (tertiary/aromatic N) is 4. The van der Waals surface area contributed by atoms with E-state index in [-0.39, 0.29) is 18.9 Å². The van der Waals surface area contributed by atoms with Crippen molar-refractivity contribution in [3.05, 3.63) is 115 Å². The highest BCUT2D eigenvalue weighted by atomic mass is 32.2. The number of rotatable bonds is 9. The Morgan fingerprint density at radius 3 is 2.49 bits per heavy atom. The smallest absolute Gasteiger partial charge is 0.228 e. The standard InChI is InChI=1S/C34H27FN8O3S/c1-47(45,46)39-14-21-7-22(10-25(35)8-21)29-18-37-19-31-27(29)13-30(41-31)33-28-12-24(16-38-34(28)43-42-33)23-11-26(17-36-15-23)40-32(44)9-20-5-3-2-4-6-20/h2-8,10-13,15-19,39,41H,9,14H2,1H3,(H,40,44)(H,38,42,43). The van der Waals surface area contributed by atoms with Crippen molar-refractivity contribution in [2.24, 2.45) is 0 Å². The van der Waals surface area contributed by atoms with E-state index in [1.807, 2.05) is 48.5 Å². The fraction of sp³-hybridized carbons (Fsp3) is 0.0882. The van der Waals surface area contributed by atoms with Crippen LogP contribution >= 0.6 is 0 Å². The molecule has 0 saturated carbocycles. The van der Waals surface area contributed by atoms with Gasteiger partial charge < -0.3 is 10.3 Å². The number of aromatic amines is 2. The lowest BCUT2D eigenvalue weighted by atomic mass is 10.0. The van der Waals surface area contributed by atoms with Crippen LogP contribution in [-0.4, -0.2) is 50.7 Å². The number of halogens is 1. The molecule has 7 rings (SSSR count). The zero-order valence-electron chi connectivity index (χ0n) is 25.0. The Labute approximate surface area is 268 Å². The number of pyridine rings is 3. The SMILES string of the molecule is CS(=O)(=O)NCc1cc(F)cc(-c2cncc3[nH]c(-c4n[nH]c5ncc(-c6cncc(NC(=O)Cc7ccccc7)c6)cc45)cc23)c1. The van der Waals surface area contributed by atoms with Crippen molar-refractivity contribution < 1.29 is 17.6 Å². The third-order valence-electron chi connectivity index (χ3n) is 7.59. The molecule has 4 N–H and O–H groups in total. The monoisotopic (exact) mass is 646 g/mol. The van der Waals surface area contributed by atoms with E-state index in [0.717, 1.165) is 33.7 Å². The first-order chi connectivity index (χ1) is 22.7. The number of nitrogens with one attached hydrogen (secondary N) is 4. The van der Waals surface area contributed by atoms with E-state index in [9.17, 15) is 17.6 Å². The zero-order chi connectivity index (χ0) is 32.5. The first-order valence-electron chi connectivity index (χ1n) is 14.5. The largest absolute Gasteiger partial charge is 0.352 e. The Hall–Kier alpha value is -5.79. The third-order valence-corrected chi connectivity index (χ3v) is 8.26. The Morgan fingerprint density at radius 2 is 1.66 bits per heavy atom. The van der Waals surface area contributed by atoms with Crippen molar-refractivity contribution in [3.8, 4) is 33.6 Å². The van der Waals surface area contributed by atoms with Crippen LogP contribution in [-0.2, 0) is 27.8 Å². The van der Waals surface area contributed by atoms with Crippen LogP contribution in [0.3, 0.4) is 0 Å². The van der Waals surface area contributed by atoms with Gasteiger partial charge >= 0.3 is 0 Å². The molecule has 0 fully saturated rings. The summed E-state index contributed by atoms with van der Waals surface area (Å²) in [5.41, 5.74) is 7.32. The molecule has 13 heteroatoms. The number of aromatic nitrogens is 6. The van der Waals surface area contributed by atoms with E-state index in [1.54, 1.807) is 37.1 Å². The van der Waals surface area contributed by atoms with E-state index >= 15 is 0 Å². The minimum absolute atomic E-state index is 0.0432. The van der Waals surface area contributed by atoms with Crippen molar-refractivity contribution in [2.45, 2.75) is 13.0 Å². The maximum absolute atomic E-state index is 14.6. The number of anilines is 1. The molecule has 0 atom stereocenters. The molecule has 0 unspecified atom stereocenters. The van der Waals surface area contributed by atoms with Crippen molar-refractivity contribution in [2.75, 3.05) is 11.6 Å². The molecular formula is C34H27FN8O3S. The van der Waals surface area contributed by atoms with Crippen LogP contribution in [0.4, 0.5) is 10.1 Å². The van der Waals surface area contributed by atoms with Gasteiger partial charge in [0, 0.05) is 52.6 Å². The van der Waals surface area contributed by atoms with Gasteiger partial charge in [-0.05, 0) is 53.1 Å². The lowest BCUT2D eigenvalue weighted by Crippen LogP contribution is -2.21. The summed E-state index contributed by atoms with van der Waals surface area (Å²) in [5, 5.41) is 12.0. The minimum Gasteiger partial charge on any atom is -0.352 e. The normalized spacial score (nSPS) is 11.7. The highest BCUT2D eigenvalue weighted by Gasteiger charge is 2.17. The quantitative estimate of drug-likeness (QED) is 0.159. The number of amides is 1. The number of hydrogen-bond acceptors (Lipinski definition) is 7. The average Bonchev–Trinajstić information content (AvgIpc) is 3.68. The fourth-order valence-corrected chi connectivity index (χ4v) is 5.88. The van der Waals surface area contributed by atoms with Crippen LogP contribution in [0.5, 0.6) is 0 Å². The highest BCUT2D eigenvalue weighted by molar-refractivity contribution is 7.88. The fourth-order valence-electron chi connectivity index (χ4n) is 5.45. The first kappa shape index (κ1) is 29.9. The summed E-state index contributed by atoms with van der Waals surface area (Å²) >= 11 is 0. The van der Waals surface area contributed by atoms with Crippen LogP contribution in [0, 0.1) is 5.82 Å². The van der Waals surface area contributed by atoms with Crippen LogP contribution in [0.1, 0.15) is 11.1 Å². The summed E-state index contributed by atoms with van der Waals surface area (Å²) in [6, 6.07) is 19.6. The zero-order valence-corrected chi connectivity index (χ0v) is 25.8. The molecule has 11 nitrogen and oxygen atoms in total. The summed E-state index contributed by atoms with van der Waals surface area (Å²) in [6.45, 7) is -0.0432. The maximum atomic E-state index is 14.6. The number of carbonyl (C=O) groups excluding carboxylic acids is 1. The number of carbonyl (C=O) groups is 1. The number of hydrogen-bond donors (Lipinski definition) is 4. The second-order valence-corrected chi connectivity index (χ2v) is 13.0. The van der Waals surface area contributed by atoms with E-state index in [2.05, 4.69) is 40.2 Å². The summed E-state index contributed by atoms with van der Waals surface area (Å²) in [4.78, 5) is 29.3. The average molecular weight is 647 g/mol. The van der Waals surface area contributed by atoms with Crippen LogP contribution < -0.4 is 10.0 Å². The van der Waals surface area contributed by atoms with Gasteiger partial charge in [0.2, 0.25) is 15.9 Å². The lowest BCUT2D eigenvalue weighted by molar-refractivity contribution is -0.115. The van der Waals surface area contributed by atoms with E-state index in [1.165, 1.54) is 12.1 Å². The molecule has 0 aliphatic heterocycles. The topological polar surface area (TPSA) is 158 Å². The van der Waals surface area contributed by atoms with Gasteiger partial charge in [-0.3, -0.25) is 19.9 Å². The first-order valence-corrected chi connectivity index (χ1v) is 16.4. The number of benzene rings is 2. The molecule has 0 radical (unpaired) electrons. The van der Waals surface area contributed by atoms with E-state index < -0.39 is 15.8 Å². The molecule has 5 aromatic heterocycles. The minimum atomic E-state index is -3.45. The Bertz CT molecular complexity index is 2390. The van der Waals surface area contributed by atoms with Crippen molar-refractivity contribution in [3.63, 3.8) is 0 Å². The Balaban J connectivity index is 1.20. The van der Waals surface area contributed by atoms with E-state index in [0.29, 0.717) is 44.9 Å². The number of fused-ring (bicyclic) bond motifs is 2.